The van der Waals surface area contributed by atoms with Crippen LogP contribution >= 0.6 is 11.3 Å². The summed E-state index contributed by atoms with van der Waals surface area (Å²) in [5, 5.41) is 14.1. The van der Waals surface area contributed by atoms with Crippen LogP contribution in [0, 0.1) is 11.8 Å². The third-order valence-corrected chi connectivity index (χ3v) is 7.86. The zero-order valence-corrected chi connectivity index (χ0v) is 26.4. The van der Waals surface area contributed by atoms with Crippen molar-refractivity contribution in [3.05, 3.63) is 16.1 Å². The SMILES string of the molecule is CC(=O)O[C@H](C[C@H](C(C)C)N(C)C(=O)[C@@H](NC(=O)C(C)(C)N(C(C)C)C(C)C)C(C)C)c1nc(C(=O)O)cs1. The fourth-order valence-corrected chi connectivity index (χ4v) is 6.08. The van der Waals surface area contributed by atoms with Gasteiger partial charge in [-0.25, -0.2) is 9.78 Å². The molecule has 0 saturated carbocycles. The van der Waals surface area contributed by atoms with Crippen molar-refractivity contribution in [3.8, 4) is 0 Å². The van der Waals surface area contributed by atoms with E-state index in [-0.39, 0.29) is 53.9 Å². The Balaban J connectivity index is 3.28. The van der Waals surface area contributed by atoms with Crippen molar-refractivity contribution < 1.29 is 29.0 Å². The molecular weight excluding hydrogens is 520 g/mol. The second-order valence-electron chi connectivity index (χ2n) is 11.8. The number of aromatic carboxylic acids is 1. The molecule has 39 heavy (non-hydrogen) atoms. The van der Waals surface area contributed by atoms with Gasteiger partial charge in [0.25, 0.3) is 0 Å². The molecule has 0 aliphatic rings. The normalized spacial score (nSPS) is 14.6. The summed E-state index contributed by atoms with van der Waals surface area (Å²) >= 11 is 1.10. The molecule has 0 spiro atoms. The van der Waals surface area contributed by atoms with Crippen LogP contribution in [0.2, 0.25) is 0 Å². The standard InChI is InChI=1S/C28H48N4O6S/c1-15(2)21(13-22(38-19(9)33)24-29-20(14-39-24)26(35)36)31(12)25(34)23(16(3)4)30-27(37)28(10,11)32(17(5)6)18(7)8/h14-18,21-23H,13H2,1-12H3,(H,30,37)(H,35,36)/t21-,22-,23+/m1/s1. The number of carbonyl (C=O) groups excluding carboxylic acids is 3. The van der Waals surface area contributed by atoms with Crippen LogP contribution in [0.5, 0.6) is 0 Å². The molecule has 1 rings (SSSR count). The number of hydrogen-bond donors (Lipinski definition) is 2. The van der Waals surface area contributed by atoms with Crippen LogP contribution in [0.15, 0.2) is 5.38 Å². The molecule has 0 unspecified atom stereocenters. The van der Waals surface area contributed by atoms with E-state index in [0.717, 1.165) is 11.3 Å². The maximum atomic E-state index is 13.9. The minimum Gasteiger partial charge on any atom is -0.476 e. The van der Waals surface area contributed by atoms with E-state index < -0.39 is 29.6 Å². The van der Waals surface area contributed by atoms with E-state index in [0.29, 0.717) is 5.01 Å². The molecule has 2 amide bonds. The highest BCUT2D eigenvalue weighted by atomic mass is 32.1. The molecule has 2 N–H and O–H groups in total. The number of thiazole rings is 1. The molecule has 222 valence electrons. The Morgan fingerprint density at radius 2 is 1.56 bits per heavy atom. The summed E-state index contributed by atoms with van der Waals surface area (Å²) in [6.07, 6.45) is -0.593. The van der Waals surface area contributed by atoms with Gasteiger partial charge in [0.2, 0.25) is 11.8 Å². The number of nitrogens with one attached hydrogen (secondary N) is 1. The summed E-state index contributed by atoms with van der Waals surface area (Å²) in [4.78, 5) is 58.5. The Morgan fingerprint density at radius 3 is 1.95 bits per heavy atom. The first-order valence-corrected chi connectivity index (χ1v) is 14.4. The number of carboxylic acids is 1. The first-order valence-electron chi connectivity index (χ1n) is 13.5. The monoisotopic (exact) mass is 568 g/mol. The summed E-state index contributed by atoms with van der Waals surface area (Å²) in [6, 6.07) is -0.904. The van der Waals surface area contributed by atoms with Crippen molar-refractivity contribution in [1.82, 2.24) is 20.1 Å². The number of hydrogen-bond acceptors (Lipinski definition) is 8. The second-order valence-corrected chi connectivity index (χ2v) is 12.7. The maximum absolute atomic E-state index is 13.9. The van der Waals surface area contributed by atoms with Gasteiger partial charge in [-0.2, -0.15) is 0 Å². The Kier molecular flexibility index (Phi) is 12.6. The smallest absolute Gasteiger partial charge is 0.355 e. The van der Waals surface area contributed by atoms with Crippen molar-refractivity contribution in [2.75, 3.05) is 7.05 Å². The first kappa shape index (κ1) is 34.5. The lowest BCUT2D eigenvalue weighted by Crippen LogP contribution is -2.63. The highest BCUT2D eigenvalue weighted by Gasteiger charge is 2.41. The van der Waals surface area contributed by atoms with Gasteiger partial charge >= 0.3 is 11.9 Å². The van der Waals surface area contributed by atoms with Crippen LogP contribution in [0.4, 0.5) is 0 Å². The highest BCUT2D eigenvalue weighted by Crippen LogP contribution is 2.31. The van der Waals surface area contributed by atoms with E-state index in [1.54, 1.807) is 11.9 Å². The van der Waals surface area contributed by atoms with Crippen molar-refractivity contribution >= 4 is 35.1 Å². The summed E-state index contributed by atoms with van der Waals surface area (Å²) in [7, 11) is 1.68. The van der Waals surface area contributed by atoms with Crippen LogP contribution in [0.25, 0.3) is 0 Å². The van der Waals surface area contributed by atoms with E-state index in [9.17, 15) is 24.3 Å². The number of esters is 1. The maximum Gasteiger partial charge on any atom is 0.355 e. The lowest BCUT2D eigenvalue weighted by molar-refractivity contribution is -0.149. The van der Waals surface area contributed by atoms with Gasteiger partial charge in [0.05, 0.1) is 5.54 Å². The topological polar surface area (TPSA) is 129 Å². The summed E-state index contributed by atoms with van der Waals surface area (Å²) in [5.41, 5.74) is -0.974. The fraction of sp³-hybridized carbons (Fsp3) is 0.750. The van der Waals surface area contributed by atoms with Crippen LogP contribution in [0.3, 0.4) is 0 Å². The molecule has 0 aliphatic carbocycles. The molecule has 0 aromatic carbocycles. The number of amides is 2. The lowest BCUT2D eigenvalue weighted by atomic mass is 9.93. The third kappa shape index (κ3) is 8.99. The van der Waals surface area contributed by atoms with Gasteiger partial charge in [0.15, 0.2) is 11.8 Å². The van der Waals surface area contributed by atoms with Crippen molar-refractivity contribution in [2.24, 2.45) is 11.8 Å². The van der Waals surface area contributed by atoms with Gasteiger partial charge in [0, 0.05) is 43.9 Å². The summed E-state index contributed by atoms with van der Waals surface area (Å²) in [6.45, 7) is 20.9. The fourth-order valence-electron chi connectivity index (χ4n) is 5.25. The predicted molar refractivity (Wildman–Crippen MR) is 153 cm³/mol. The van der Waals surface area contributed by atoms with E-state index in [1.807, 2.05) is 69.2 Å². The van der Waals surface area contributed by atoms with E-state index in [1.165, 1.54) is 12.3 Å². The van der Waals surface area contributed by atoms with Gasteiger partial charge < -0.3 is 20.1 Å². The largest absolute Gasteiger partial charge is 0.476 e. The molecule has 1 aromatic rings. The zero-order valence-electron chi connectivity index (χ0n) is 25.6. The molecule has 0 saturated heterocycles. The van der Waals surface area contributed by atoms with E-state index in [2.05, 4.69) is 15.2 Å². The van der Waals surface area contributed by atoms with Gasteiger partial charge in [-0.05, 0) is 53.4 Å². The second kappa shape index (κ2) is 14.2. The molecule has 1 heterocycles. The molecule has 3 atom stereocenters. The molecule has 1 aromatic heterocycles. The van der Waals surface area contributed by atoms with Crippen molar-refractivity contribution in [2.45, 2.75) is 118 Å². The number of likely N-dealkylation sites (N-methyl/N-ethyl adjacent to an activating group) is 1. The Hall–Kier alpha value is -2.53. The molecule has 0 fully saturated rings. The zero-order chi connectivity index (χ0) is 30.4. The molecular formula is C28H48N4O6S. The highest BCUT2D eigenvalue weighted by molar-refractivity contribution is 7.09. The third-order valence-electron chi connectivity index (χ3n) is 6.93. The Labute approximate surface area is 237 Å². The number of carboxylic acid groups (broad SMARTS) is 1. The van der Waals surface area contributed by atoms with E-state index >= 15 is 0 Å². The van der Waals surface area contributed by atoms with Gasteiger partial charge in [-0.15, -0.1) is 11.3 Å². The number of aromatic nitrogens is 1. The molecule has 11 heteroatoms. The molecule has 0 aliphatic heterocycles. The van der Waals surface area contributed by atoms with Gasteiger partial charge in [-0.1, -0.05) is 27.7 Å². The van der Waals surface area contributed by atoms with Crippen LogP contribution in [0.1, 0.15) is 104 Å². The van der Waals surface area contributed by atoms with Crippen LogP contribution < -0.4 is 5.32 Å². The summed E-state index contributed by atoms with van der Waals surface area (Å²) < 4.78 is 5.53. The molecule has 10 nitrogen and oxygen atoms in total. The van der Waals surface area contributed by atoms with E-state index in [4.69, 9.17) is 4.74 Å². The van der Waals surface area contributed by atoms with Crippen molar-refractivity contribution in [3.63, 3.8) is 0 Å². The van der Waals surface area contributed by atoms with Crippen LogP contribution in [-0.2, 0) is 19.1 Å². The molecule has 0 bridgehead atoms. The Morgan fingerprint density at radius 1 is 1.03 bits per heavy atom. The first-order chi connectivity index (χ1) is 17.8. The minimum absolute atomic E-state index is 0.0340. The van der Waals surface area contributed by atoms with Gasteiger partial charge in [-0.3, -0.25) is 19.3 Å². The predicted octanol–water partition coefficient (Wildman–Crippen LogP) is 4.36. The number of carbonyl (C=O) groups is 4. The number of nitrogens with zero attached hydrogens (tertiary/aromatic N) is 3. The lowest BCUT2D eigenvalue weighted by Gasteiger charge is -2.44. The minimum atomic E-state index is -1.17. The van der Waals surface area contributed by atoms with Crippen molar-refractivity contribution in [1.29, 1.82) is 0 Å². The number of ether oxygens (including phenoxy) is 1. The quantitative estimate of drug-likeness (QED) is 0.317. The molecule has 0 radical (unpaired) electrons. The number of rotatable bonds is 14. The van der Waals surface area contributed by atoms with Gasteiger partial charge in [0.1, 0.15) is 11.0 Å². The average Bonchev–Trinajstić information content (AvgIpc) is 3.28. The Bertz CT molecular complexity index is 996. The van der Waals surface area contributed by atoms with Crippen LogP contribution in [-0.4, -0.2) is 80.4 Å². The summed E-state index contributed by atoms with van der Waals surface area (Å²) in [5.74, 6) is -2.39. The average molecular weight is 569 g/mol.